The summed E-state index contributed by atoms with van der Waals surface area (Å²) < 4.78 is 5.25. The van der Waals surface area contributed by atoms with Gasteiger partial charge in [-0.25, -0.2) is 0 Å². The summed E-state index contributed by atoms with van der Waals surface area (Å²) in [6, 6.07) is 7.90. The van der Waals surface area contributed by atoms with Crippen molar-refractivity contribution in [1.29, 1.82) is 0 Å². The van der Waals surface area contributed by atoms with E-state index in [4.69, 9.17) is 10.5 Å². The predicted molar refractivity (Wildman–Crippen MR) is 90.4 cm³/mol. The third-order valence-electron chi connectivity index (χ3n) is 4.10. The van der Waals surface area contributed by atoms with Gasteiger partial charge in [-0.1, -0.05) is 32.0 Å². The van der Waals surface area contributed by atoms with Crippen LogP contribution in [0.3, 0.4) is 0 Å². The van der Waals surface area contributed by atoms with Gasteiger partial charge in [0, 0.05) is 5.69 Å². The Hall–Kier alpha value is -2.70. The average molecular weight is 327 g/mol. The molecule has 0 bridgehead atoms. The number of benzene rings is 1. The Morgan fingerprint density at radius 3 is 2.79 bits per heavy atom. The fourth-order valence-electron chi connectivity index (χ4n) is 2.52. The van der Waals surface area contributed by atoms with Gasteiger partial charge in [-0.15, -0.1) is 0 Å². The van der Waals surface area contributed by atoms with Crippen molar-refractivity contribution >= 4 is 23.6 Å². The van der Waals surface area contributed by atoms with E-state index in [1.165, 1.54) is 0 Å². The first kappa shape index (κ1) is 16.2. The number of carbonyl (C=O) groups excluding carboxylic acids is 1. The molecular formula is C17H21N5O2. The molecule has 1 aliphatic carbocycles. The Morgan fingerprint density at radius 1 is 1.33 bits per heavy atom. The van der Waals surface area contributed by atoms with Gasteiger partial charge in [0.05, 0.1) is 5.92 Å². The zero-order valence-corrected chi connectivity index (χ0v) is 13.8. The number of esters is 1. The van der Waals surface area contributed by atoms with Crippen molar-refractivity contribution in [3.8, 4) is 0 Å². The van der Waals surface area contributed by atoms with E-state index in [0.717, 1.165) is 24.1 Å². The highest BCUT2D eigenvalue weighted by molar-refractivity contribution is 5.75. The second kappa shape index (κ2) is 6.82. The molecule has 0 radical (unpaired) electrons. The van der Waals surface area contributed by atoms with Gasteiger partial charge in [0.2, 0.25) is 11.9 Å². The van der Waals surface area contributed by atoms with Crippen molar-refractivity contribution in [3.05, 3.63) is 35.7 Å². The molecule has 0 spiro atoms. The Bertz CT molecular complexity index is 750. The Labute approximate surface area is 140 Å². The molecule has 0 amide bonds. The molecule has 7 heteroatoms. The number of ether oxygens (including phenoxy) is 1. The van der Waals surface area contributed by atoms with Gasteiger partial charge in [0.25, 0.3) is 0 Å². The highest BCUT2D eigenvalue weighted by atomic mass is 16.5. The Balaban J connectivity index is 1.70. The summed E-state index contributed by atoms with van der Waals surface area (Å²) >= 11 is 0. The van der Waals surface area contributed by atoms with Gasteiger partial charge < -0.3 is 15.8 Å². The highest BCUT2D eigenvalue weighted by Gasteiger charge is 2.40. The van der Waals surface area contributed by atoms with E-state index in [2.05, 4.69) is 27.2 Å². The molecule has 1 aromatic heterocycles. The maximum atomic E-state index is 11.8. The lowest BCUT2D eigenvalue weighted by atomic mass is 10.1. The number of aromatic nitrogens is 3. The highest BCUT2D eigenvalue weighted by Crippen LogP contribution is 2.38. The van der Waals surface area contributed by atoms with E-state index in [9.17, 15) is 4.79 Å². The smallest absolute Gasteiger partial charge is 0.309 e. The van der Waals surface area contributed by atoms with Crippen LogP contribution >= 0.6 is 0 Å². The van der Waals surface area contributed by atoms with Gasteiger partial charge in [-0.3, -0.25) is 4.79 Å². The number of para-hydroxylation sites is 1. The SMILES string of the molecule is CCc1ccccc1Nc1nc(N)nc(COC(=O)[C@H]2C[C@@H]2C)n1. The zero-order chi connectivity index (χ0) is 17.1. The zero-order valence-electron chi connectivity index (χ0n) is 13.8. The minimum atomic E-state index is -0.202. The van der Waals surface area contributed by atoms with Gasteiger partial charge in [-0.05, 0) is 30.4 Å². The topological polar surface area (TPSA) is 103 Å². The number of rotatable bonds is 6. The van der Waals surface area contributed by atoms with Crippen LogP contribution in [0.5, 0.6) is 0 Å². The second-order valence-corrected chi connectivity index (χ2v) is 6.00. The molecule has 0 unspecified atom stereocenters. The molecule has 0 aliphatic heterocycles. The van der Waals surface area contributed by atoms with Gasteiger partial charge in [0.15, 0.2) is 12.4 Å². The Kier molecular flexibility index (Phi) is 4.59. The number of nitrogens with two attached hydrogens (primary N) is 1. The van der Waals surface area contributed by atoms with Crippen molar-refractivity contribution in [1.82, 2.24) is 15.0 Å². The van der Waals surface area contributed by atoms with Crippen molar-refractivity contribution in [2.24, 2.45) is 11.8 Å². The number of carbonyl (C=O) groups is 1. The summed E-state index contributed by atoms with van der Waals surface area (Å²) in [5.74, 6) is 0.983. The van der Waals surface area contributed by atoms with Gasteiger partial charge >= 0.3 is 5.97 Å². The first-order valence-corrected chi connectivity index (χ1v) is 8.08. The van der Waals surface area contributed by atoms with Gasteiger partial charge in [-0.2, -0.15) is 15.0 Å². The van der Waals surface area contributed by atoms with Crippen LogP contribution in [0.2, 0.25) is 0 Å². The fraction of sp³-hybridized carbons (Fsp3) is 0.412. The number of hydrogen-bond donors (Lipinski definition) is 2. The van der Waals surface area contributed by atoms with Crippen molar-refractivity contribution in [2.75, 3.05) is 11.1 Å². The molecular weight excluding hydrogens is 306 g/mol. The summed E-state index contributed by atoms with van der Waals surface area (Å²) in [4.78, 5) is 24.2. The van der Waals surface area contributed by atoms with E-state index in [1.807, 2.05) is 31.2 Å². The number of nitrogens with one attached hydrogen (secondary N) is 1. The van der Waals surface area contributed by atoms with E-state index >= 15 is 0 Å². The third-order valence-corrected chi connectivity index (χ3v) is 4.10. The first-order valence-electron chi connectivity index (χ1n) is 8.08. The minimum Gasteiger partial charge on any atom is -0.457 e. The lowest BCUT2D eigenvalue weighted by Crippen LogP contribution is -2.12. The molecule has 1 aromatic carbocycles. The van der Waals surface area contributed by atoms with E-state index in [-0.39, 0.29) is 24.4 Å². The summed E-state index contributed by atoms with van der Waals surface area (Å²) in [5.41, 5.74) is 7.80. The molecule has 0 saturated heterocycles. The lowest BCUT2D eigenvalue weighted by Gasteiger charge is -2.10. The molecule has 2 aromatic rings. The predicted octanol–water partition coefficient (Wildman–Crippen LogP) is 2.46. The molecule has 3 N–H and O–H groups in total. The molecule has 24 heavy (non-hydrogen) atoms. The molecule has 3 rings (SSSR count). The lowest BCUT2D eigenvalue weighted by molar-refractivity contribution is -0.147. The maximum Gasteiger partial charge on any atom is 0.309 e. The number of anilines is 3. The van der Waals surface area contributed by atoms with Gasteiger partial charge in [0.1, 0.15) is 0 Å². The summed E-state index contributed by atoms with van der Waals surface area (Å²) in [7, 11) is 0. The van der Waals surface area contributed by atoms with E-state index < -0.39 is 0 Å². The monoisotopic (exact) mass is 327 g/mol. The van der Waals surface area contributed by atoms with Crippen LogP contribution in [0.4, 0.5) is 17.6 Å². The molecule has 1 saturated carbocycles. The number of nitrogen functional groups attached to an aromatic ring is 1. The second-order valence-electron chi connectivity index (χ2n) is 6.00. The van der Waals surface area contributed by atoms with Crippen LogP contribution in [0.1, 0.15) is 31.7 Å². The fourth-order valence-corrected chi connectivity index (χ4v) is 2.52. The standard InChI is InChI=1S/C17H21N5O2/c1-3-11-6-4-5-7-13(11)19-17-21-14(20-16(18)22-17)9-24-15(23)12-8-10(12)2/h4-7,10,12H,3,8-9H2,1-2H3,(H3,18,19,20,21,22)/t10-,12-/m0/s1. The number of aryl methyl sites for hydroxylation is 1. The van der Waals surface area contributed by atoms with Crippen LogP contribution in [-0.4, -0.2) is 20.9 Å². The normalized spacial score (nSPS) is 18.9. The number of nitrogens with zero attached hydrogens (tertiary/aromatic N) is 3. The van der Waals surface area contributed by atoms with Crippen LogP contribution in [0.25, 0.3) is 0 Å². The van der Waals surface area contributed by atoms with Crippen LogP contribution in [-0.2, 0) is 22.6 Å². The maximum absolute atomic E-state index is 11.8. The van der Waals surface area contributed by atoms with Crippen LogP contribution in [0, 0.1) is 11.8 Å². The number of hydrogen-bond acceptors (Lipinski definition) is 7. The van der Waals surface area contributed by atoms with Crippen molar-refractivity contribution in [2.45, 2.75) is 33.3 Å². The molecule has 1 fully saturated rings. The molecule has 2 atom stereocenters. The molecule has 1 aliphatic rings. The van der Waals surface area contributed by atoms with E-state index in [1.54, 1.807) is 0 Å². The summed E-state index contributed by atoms with van der Waals surface area (Å²) in [6.07, 6.45) is 1.77. The molecule has 1 heterocycles. The van der Waals surface area contributed by atoms with Crippen LogP contribution in [0.15, 0.2) is 24.3 Å². The van der Waals surface area contributed by atoms with Crippen molar-refractivity contribution in [3.63, 3.8) is 0 Å². The van der Waals surface area contributed by atoms with Crippen LogP contribution < -0.4 is 11.1 Å². The average Bonchev–Trinajstić information content (AvgIpc) is 3.29. The van der Waals surface area contributed by atoms with E-state index in [0.29, 0.717) is 17.7 Å². The molecule has 126 valence electrons. The largest absolute Gasteiger partial charge is 0.457 e. The quantitative estimate of drug-likeness (QED) is 0.785. The summed E-state index contributed by atoms with van der Waals surface area (Å²) in [6.45, 7) is 4.10. The summed E-state index contributed by atoms with van der Waals surface area (Å²) in [5, 5.41) is 3.15. The Morgan fingerprint density at radius 2 is 2.08 bits per heavy atom. The van der Waals surface area contributed by atoms with Crippen molar-refractivity contribution < 1.29 is 9.53 Å². The third kappa shape index (κ3) is 3.79. The first-order chi connectivity index (χ1) is 11.6. The minimum absolute atomic E-state index is 0.00111. The molecule has 7 nitrogen and oxygen atoms in total.